The van der Waals surface area contributed by atoms with Crippen LogP contribution in [0.5, 0.6) is 0 Å². The molecule has 2 heterocycles. The van der Waals surface area contributed by atoms with E-state index in [1.54, 1.807) is 29.2 Å². The zero-order chi connectivity index (χ0) is 13.0. The van der Waals surface area contributed by atoms with Crippen molar-refractivity contribution in [3.63, 3.8) is 0 Å². The van der Waals surface area contributed by atoms with Crippen molar-refractivity contribution in [2.75, 3.05) is 12.3 Å². The SMILES string of the molecule is Cn1nccc1CCNC(=O)c1ncccc1N. The predicted molar refractivity (Wildman–Crippen MR) is 67.9 cm³/mol. The molecule has 0 spiro atoms. The molecule has 2 aromatic rings. The van der Waals surface area contributed by atoms with Gasteiger partial charge in [0.2, 0.25) is 0 Å². The first kappa shape index (κ1) is 12.1. The Kier molecular flexibility index (Phi) is 3.57. The van der Waals surface area contributed by atoms with Crippen LogP contribution in [0.1, 0.15) is 16.2 Å². The van der Waals surface area contributed by atoms with Gasteiger partial charge in [0.25, 0.3) is 5.91 Å². The number of nitrogens with one attached hydrogen (secondary N) is 1. The van der Waals surface area contributed by atoms with E-state index in [0.29, 0.717) is 12.2 Å². The van der Waals surface area contributed by atoms with Crippen LogP contribution in [0.2, 0.25) is 0 Å². The van der Waals surface area contributed by atoms with Gasteiger partial charge in [-0.05, 0) is 18.2 Å². The maximum Gasteiger partial charge on any atom is 0.272 e. The van der Waals surface area contributed by atoms with Crippen molar-refractivity contribution < 1.29 is 4.79 Å². The Labute approximate surface area is 105 Å². The van der Waals surface area contributed by atoms with Gasteiger partial charge in [-0.2, -0.15) is 5.10 Å². The predicted octanol–water partition coefficient (Wildman–Crippen LogP) is 0.370. The molecule has 2 rings (SSSR count). The highest BCUT2D eigenvalue weighted by Gasteiger charge is 2.10. The molecule has 0 aliphatic heterocycles. The van der Waals surface area contributed by atoms with Gasteiger partial charge >= 0.3 is 0 Å². The number of hydrogen-bond donors (Lipinski definition) is 2. The average molecular weight is 245 g/mol. The molecular weight excluding hydrogens is 230 g/mol. The highest BCUT2D eigenvalue weighted by atomic mass is 16.1. The van der Waals surface area contributed by atoms with Crippen LogP contribution in [0.3, 0.4) is 0 Å². The van der Waals surface area contributed by atoms with Gasteiger partial charge < -0.3 is 11.1 Å². The maximum absolute atomic E-state index is 11.8. The molecule has 18 heavy (non-hydrogen) atoms. The third kappa shape index (κ3) is 2.65. The number of carbonyl (C=O) groups excluding carboxylic acids is 1. The molecule has 0 fully saturated rings. The minimum absolute atomic E-state index is 0.254. The van der Waals surface area contributed by atoms with Crippen molar-refractivity contribution in [1.29, 1.82) is 0 Å². The van der Waals surface area contributed by atoms with Crippen LogP contribution >= 0.6 is 0 Å². The van der Waals surface area contributed by atoms with Crippen molar-refractivity contribution in [3.05, 3.63) is 42.0 Å². The molecule has 1 amide bonds. The number of rotatable bonds is 4. The zero-order valence-electron chi connectivity index (χ0n) is 10.1. The Balaban J connectivity index is 1.90. The third-order valence-electron chi connectivity index (χ3n) is 2.64. The lowest BCUT2D eigenvalue weighted by Gasteiger charge is -2.06. The lowest BCUT2D eigenvalue weighted by Crippen LogP contribution is -2.27. The highest BCUT2D eigenvalue weighted by molar-refractivity contribution is 5.96. The van der Waals surface area contributed by atoms with E-state index in [1.807, 2.05) is 13.1 Å². The van der Waals surface area contributed by atoms with Crippen molar-refractivity contribution in [2.24, 2.45) is 7.05 Å². The fourth-order valence-electron chi connectivity index (χ4n) is 1.64. The van der Waals surface area contributed by atoms with Crippen LogP contribution in [0.25, 0.3) is 0 Å². The van der Waals surface area contributed by atoms with Crippen LogP contribution in [0, 0.1) is 0 Å². The van der Waals surface area contributed by atoms with Gasteiger partial charge in [0.1, 0.15) is 0 Å². The van der Waals surface area contributed by atoms with E-state index in [-0.39, 0.29) is 11.6 Å². The van der Waals surface area contributed by atoms with Crippen LogP contribution in [0.4, 0.5) is 5.69 Å². The summed E-state index contributed by atoms with van der Waals surface area (Å²) in [5.41, 5.74) is 7.38. The molecule has 6 nitrogen and oxygen atoms in total. The van der Waals surface area contributed by atoms with E-state index in [0.717, 1.165) is 12.1 Å². The standard InChI is InChI=1S/C12H15N5O/c1-17-9(5-8-16-17)4-7-15-12(18)11-10(13)3-2-6-14-11/h2-3,5-6,8H,4,7,13H2,1H3,(H,15,18). The minimum atomic E-state index is -0.254. The lowest BCUT2D eigenvalue weighted by molar-refractivity contribution is 0.0950. The molecule has 0 atom stereocenters. The Bertz CT molecular complexity index is 549. The van der Waals surface area contributed by atoms with Crippen molar-refractivity contribution in [1.82, 2.24) is 20.1 Å². The van der Waals surface area contributed by atoms with Gasteiger partial charge in [0.15, 0.2) is 5.69 Å². The third-order valence-corrected chi connectivity index (χ3v) is 2.64. The van der Waals surface area contributed by atoms with E-state index in [2.05, 4.69) is 15.4 Å². The van der Waals surface area contributed by atoms with Crippen molar-refractivity contribution >= 4 is 11.6 Å². The van der Waals surface area contributed by atoms with Crippen LogP contribution in [-0.4, -0.2) is 27.2 Å². The van der Waals surface area contributed by atoms with Crippen LogP contribution in [0.15, 0.2) is 30.6 Å². The fourth-order valence-corrected chi connectivity index (χ4v) is 1.64. The molecule has 0 radical (unpaired) electrons. The second kappa shape index (κ2) is 5.31. The zero-order valence-corrected chi connectivity index (χ0v) is 10.1. The van der Waals surface area contributed by atoms with Crippen LogP contribution in [-0.2, 0) is 13.5 Å². The molecule has 0 aromatic carbocycles. The molecule has 3 N–H and O–H groups in total. The summed E-state index contributed by atoms with van der Waals surface area (Å²) in [5.74, 6) is -0.254. The first-order valence-electron chi connectivity index (χ1n) is 5.64. The van der Waals surface area contributed by atoms with E-state index < -0.39 is 0 Å². The summed E-state index contributed by atoms with van der Waals surface area (Å²) < 4.78 is 1.78. The summed E-state index contributed by atoms with van der Waals surface area (Å²) in [6.07, 6.45) is 4.00. The Morgan fingerprint density at radius 1 is 1.44 bits per heavy atom. The molecule has 0 unspecified atom stereocenters. The molecule has 94 valence electrons. The second-order valence-corrected chi connectivity index (χ2v) is 3.89. The van der Waals surface area contributed by atoms with Gasteiger partial charge in [-0.15, -0.1) is 0 Å². The minimum Gasteiger partial charge on any atom is -0.397 e. The number of hydrogen-bond acceptors (Lipinski definition) is 4. The van der Waals surface area contributed by atoms with E-state index in [9.17, 15) is 4.79 Å². The van der Waals surface area contributed by atoms with Crippen molar-refractivity contribution in [2.45, 2.75) is 6.42 Å². The summed E-state index contributed by atoms with van der Waals surface area (Å²) in [6, 6.07) is 5.27. The lowest BCUT2D eigenvalue weighted by atomic mass is 10.2. The maximum atomic E-state index is 11.8. The smallest absolute Gasteiger partial charge is 0.272 e. The van der Waals surface area contributed by atoms with E-state index in [1.165, 1.54) is 0 Å². The fraction of sp³-hybridized carbons (Fsp3) is 0.250. The number of aryl methyl sites for hydroxylation is 1. The first-order chi connectivity index (χ1) is 8.68. The summed E-state index contributed by atoms with van der Waals surface area (Å²) in [5, 5.41) is 6.84. The molecule has 6 heteroatoms. The number of pyridine rings is 1. The molecular formula is C12H15N5O. The molecule has 0 saturated carbocycles. The number of nitrogen functional groups attached to an aromatic ring is 1. The van der Waals surface area contributed by atoms with Gasteiger partial charge in [-0.3, -0.25) is 9.48 Å². The van der Waals surface area contributed by atoms with Crippen molar-refractivity contribution in [3.8, 4) is 0 Å². The molecule has 0 aliphatic carbocycles. The van der Waals surface area contributed by atoms with E-state index in [4.69, 9.17) is 5.73 Å². The highest BCUT2D eigenvalue weighted by Crippen LogP contribution is 2.06. The summed E-state index contributed by atoms with van der Waals surface area (Å²) >= 11 is 0. The number of nitrogens with zero attached hydrogens (tertiary/aromatic N) is 3. The van der Waals surface area contributed by atoms with Gasteiger partial charge in [-0.25, -0.2) is 4.98 Å². The average Bonchev–Trinajstić information content (AvgIpc) is 2.75. The van der Waals surface area contributed by atoms with E-state index >= 15 is 0 Å². The monoisotopic (exact) mass is 245 g/mol. The summed E-state index contributed by atoms with van der Waals surface area (Å²) in [7, 11) is 1.87. The molecule has 0 aliphatic rings. The number of anilines is 1. The van der Waals surface area contributed by atoms with Gasteiger partial charge in [-0.1, -0.05) is 0 Å². The van der Waals surface area contributed by atoms with Gasteiger partial charge in [0.05, 0.1) is 5.69 Å². The Morgan fingerprint density at radius 2 is 2.28 bits per heavy atom. The quantitative estimate of drug-likeness (QED) is 0.814. The molecule has 2 aromatic heterocycles. The summed E-state index contributed by atoms with van der Waals surface area (Å²) in [6.45, 7) is 0.522. The Hall–Kier alpha value is -2.37. The normalized spacial score (nSPS) is 10.3. The second-order valence-electron chi connectivity index (χ2n) is 3.89. The molecule has 0 saturated heterocycles. The van der Waals surface area contributed by atoms with Gasteiger partial charge in [0, 0.05) is 38.1 Å². The first-order valence-corrected chi connectivity index (χ1v) is 5.64. The number of aromatic nitrogens is 3. The number of nitrogens with two attached hydrogens (primary N) is 1. The largest absolute Gasteiger partial charge is 0.397 e. The number of carbonyl (C=O) groups is 1. The Morgan fingerprint density at radius 3 is 2.94 bits per heavy atom. The molecule has 0 bridgehead atoms. The topological polar surface area (TPSA) is 85.8 Å². The summed E-state index contributed by atoms with van der Waals surface area (Å²) in [4.78, 5) is 15.8. The van der Waals surface area contributed by atoms with Crippen LogP contribution < -0.4 is 11.1 Å². The number of amides is 1.